The Morgan fingerprint density at radius 3 is 2.31 bits per heavy atom. The molecule has 3 aromatic heterocycles. The lowest BCUT2D eigenvalue weighted by Gasteiger charge is -2.20. The molecule has 0 bridgehead atoms. The summed E-state index contributed by atoms with van der Waals surface area (Å²) >= 11 is 0. The average molecular weight is 746 g/mol. The number of rotatable bonds is 5. The molecule has 9 aromatic rings. The number of allylic oxidation sites excluding steroid dienone is 6. The number of aryl methyl sites for hydroxylation is 2. The minimum atomic E-state index is 0.302. The average Bonchev–Trinajstić information content (AvgIpc) is 3.84. The first-order valence-electron chi connectivity index (χ1n) is 20.5. The summed E-state index contributed by atoms with van der Waals surface area (Å²) in [5, 5.41) is 6.06. The maximum Gasteiger partial charge on any atom is 0.235 e. The summed E-state index contributed by atoms with van der Waals surface area (Å²) in [5.74, 6) is 2.00. The Kier molecular flexibility index (Phi) is 7.59. The smallest absolute Gasteiger partial charge is 0.235 e. The van der Waals surface area contributed by atoms with E-state index in [1.54, 1.807) is 0 Å². The van der Waals surface area contributed by atoms with Crippen molar-refractivity contribution < 1.29 is 4.42 Å². The predicted octanol–water partition coefficient (Wildman–Crippen LogP) is 14.0. The van der Waals surface area contributed by atoms with Gasteiger partial charge in [-0.2, -0.15) is 0 Å². The molecule has 1 unspecified atom stereocenters. The van der Waals surface area contributed by atoms with E-state index in [4.69, 9.17) is 14.4 Å². The Morgan fingerprint density at radius 1 is 0.586 bits per heavy atom. The third-order valence-corrected chi connectivity index (χ3v) is 12.4. The second-order valence-electron chi connectivity index (χ2n) is 15.9. The molecule has 4 nitrogen and oxygen atoms in total. The van der Waals surface area contributed by atoms with Crippen molar-refractivity contribution in [2.75, 3.05) is 0 Å². The fraction of sp³-hybridized carbons (Fsp3) is 0.111. The van der Waals surface area contributed by atoms with Crippen LogP contribution in [0.4, 0.5) is 0 Å². The Morgan fingerprint density at radius 2 is 1.40 bits per heavy atom. The van der Waals surface area contributed by atoms with Crippen LogP contribution in [0.15, 0.2) is 162 Å². The molecule has 276 valence electrons. The molecular weight excluding hydrogens is 707 g/mol. The monoisotopic (exact) mass is 745 g/mol. The van der Waals surface area contributed by atoms with Gasteiger partial charge in [-0.15, -0.1) is 0 Å². The molecule has 0 N–H and O–H groups in total. The zero-order chi connectivity index (χ0) is 38.2. The number of benzene rings is 6. The van der Waals surface area contributed by atoms with Gasteiger partial charge in [0.25, 0.3) is 0 Å². The third kappa shape index (κ3) is 5.36. The second-order valence-corrected chi connectivity index (χ2v) is 15.9. The van der Waals surface area contributed by atoms with Crippen molar-refractivity contribution in [3.63, 3.8) is 0 Å². The van der Waals surface area contributed by atoms with Gasteiger partial charge in [-0.1, -0.05) is 121 Å². The van der Waals surface area contributed by atoms with Crippen LogP contribution in [-0.4, -0.2) is 14.5 Å². The first-order valence-corrected chi connectivity index (χ1v) is 20.5. The number of fused-ring (bicyclic) bond motifs is 9. The van der Waals surface area contributed by atoms with Crippen molar-refractivity contribution in [3.05, 3.63) is 186 Å². The van der Waals surface area contributed by atoms with Crippen molar-refractivity contribution in [1.82, 2.24) is 14.5 Å². The number of hydrogen-bond donors (Lipinski definition) is 0. The van der Waals surface area contributed by atoms with E-state index in [1.165, 1.54) is 60.3 Å². The minimum absolute atomic E-state index is 0.302. The summed E-state index contributed by atoms with van der Waals surface area (Å²) in [4.78, 5) is 11.0. The third-order valence-electron chi connectivity index (χ3n) is 12.4. The van der Waals surface area contributed by atoms with Crippen LogP contribution in [0.5, 0.6) is 0 Å². The summed E-state index contributed by atoms with van der Waals surface area (Å²) in [5.41, 5.74) is 14.8. The van der Waals surface area contributed by atoms with Crippen LogP contribution in [0, 0.1) is 0 Å². The van der Waals surface area contributed by atoms with Crippen molar-refractivity contribution in [1.29, 1.82) is 0 Å². The van der Waals surface area contributed by atoms with E-state index >= 15 is 0 Å². The maximum absolute atomic E-state index is 6.24. The van der Waals surface area contributed by atoms with E-state index in [2.05, 4.69) is 175 Å². The molecule has 0 fully saturated rings. The van der Waals surface area contributed by atoms with E-state index in [0.29, 0.717) is 11.9 Å². The van der Waals surface area contributed by atoms with E-state index in [-0.39, 0.29) is 0 Å². The van der Waals surface area contributed by atoms with Gasteiger partial charge < -0.3 is 4.42 Å². The molecule has 0 aliphatic heterocycles. The quantitative estimate of drug-likeness (QED) is 0.176. The summed E-state index contributed by atoms with van der Waals surface area (Å²) in [7, 11) is 0. The van der Waals surface area contributed by atoms with Crippen molar-refractivity contribution in [2.24, 2.45) is 0 Å². The SMILES string of the molecule is C1=CCC(c2cc(-c3ccccc3)cc(-c3nc(-n4c5ccc(-c6ccc7oc8c(c7c6)CCC=C8)cc5c5c6ccccc6ccc54)nc4c3C=CCC4)c2)C=C1. The standard InChI is InChI=1S/C54H39N3O/c1-3-13-34(14-4-1)39-29-40(35-15-5-2-6-16-35)31-41(30-39)53-44-20-9-11-21-47(44)55-54(56-53)57-48-26-24-37(33-46(48)52-42-18-8-7-17-36(42)23-27-49(52)57)38-25-28-51-45(32-38)43-19-10-12-22-50(43)58-51/h1-9,12-15,17-18,20,22-33,35H,10-11,16,19,21H2. The molecule has 0 amide bonds. The zero-order valence-electron chi connectivity index (χ0n) is 32.0. The zero-order valence-corrected chi connectivity index (χ0v) is 32.0. The van der Waals surface area contributed by atoms with Crippen molar-refractivity contribution in [2.45, 2.75) is 38.0 Å². The minimum Gasteiger partial charge on any atom is -0.456 e. The molecule has 6 aromatic carbocycles. The van der Waals surface area contributed by atoms with Gasteiger partial charge in [0.05, 0.1) is 22.4 Å². The van der Waals surface area contributed by atoms with Gasteiger partial charge in [-0.25, -0.2) is 9.97 Å². The fourth-order valence-electron chi connectivity index (χ4n) is 9.58. The lowest BCUT2D eigenvalue weighted by Crippen LogP contribution is -2.10. The fourth-order valence-corrected chi connectivity index (χ4v) is 9.58. The van der Waals surface area contributed by atoms with E-state index in [1.807, 2.05) is 0 Å². The topological polar surface area (TPSA) is 43.9 Å². The second kappa shape index (κ2) is 13.3. The van der Waals surface area contributed by atoms with Crippen LogP contribution >= 0.6 is 0 Å². The van der Waals surface area contributed by atoms with Gasteiger partial charge in [-0.3, -0.25) is 4.57 Å². The number of furan rings is 1. The van der Waals surface area contributed by atoms with Gasteiger partial charge in [0.1, 0.15) is 11.3 Å². The lowest BCUT2D eigenvalue weighted by molar-refractivity contribution is 0.595. The lowest BCUT2D eigenvalue weighted by atomic mass is 9.87. The van der Waals surface area contributed by atoms with Gasteiger partial charge in [0.15, 0.2) is 0 Å². The molecule has 4 heteroatoms. The van der Waals surface area contributed by atoms with Gasteiger partial charge in [0, 0.05) is 38.8 Å². The molecule has 0 saturated heterocycles. The summed E-state index contributed by atoms with van der Waals surface area (Å²) < 4.78 is 8.55. The van der Waals surface area contributed by atoms with Crippen LogP contribution in [0.1, 0.15) is 53.3 Å². The first kappa shape index (κ1) is 33.1. The van der Waals surface area contributed by atoms with Gasteiger partial charge >= 0.3 is 0 Å². The van der Waals surface area contributed by atoms with Crippen molar-refractivity contribution >= 4 is 55.7 Å². The van der Waals surface area contributed by atoms with Crippen LogP contribution in [0.3, 0.4) is 0 Å². The molecule has 12 rings (SSSR count). The van der Waals surface area contributed by atoms with Crippen LogP contribution in [-0.2, 0) is 12.8 Å². The largest absolute Gasteiger partial charge is 0.456 e. The van der Waals surface area contributed by atoms with E-state index in [0.717, 1.165) is 77.0 Å². The summed E-state index contributed by atoms with van der Waals surface area (Å²) in [6.45, 7) is 0. The Hall–Kier alpha value is -7.04. The molecular formula is C54H39N3O. The normalized spacial score (nSPS) is 15.8. The number of nitrogens with zero attached hydrogens (tertiary/aromatic N) is 3. The molecule has 0 spiro atoms. The summed E-state index contributed by atoms with van der Waals surface area (Å²) in [6.07, 6.45) is 22.6. The van der Waals surface area contributed by atoms with Gasteiger partial charge in [0.2, 0.25) is 5.95 Å². The number of hydrogen-bond acceptors (Lipinski definition) is 3. The van der Waals surface area contributed by atoms with Crippen LogP contribution in [0.25, 0.3) is 95.2 Å². The van der Waals surface area contributed by atoms with Gasteiger partial charge in [-0.05, 0) is 119 Å². The molecule has 0 radical (unpaired) electrons. The molecule has 3 heterocycles. The van der Waals surface area contributed by atoms with E-state index in [9.17, 15) is 0 Å². The molecule has 58 heavy (non-hydrogen) atoms. The molecule has 3 aliphatic carbocycles. The Bertz CT molecular complexity index is 3260. The Labute approximate surface area is 336 Å². The highest BCUT2D eigenvalue weighted by Crippen LogP contribution is 2.42. The van der Waals surface area contributed by atoms with Crippen molar-refractivity contribution in [3.8, 4) is 39.5 Å². The first-order chi connectivity index (χ1) is 28.7. The van der Waals surface area contributed by atoms with Crippen LogP contribution < -0.4 is 0 Å². The maximum atomic E-state index is 6.24. The number of aromatic nitrogens is 3. The highest BCUT2D eigenvalue weighted by Gasteiger charge is 2.24. The Balaban J connectivity index is 1.09. The molecule has 1 atom stereocenters. The van der Waals surface area contributed by atoms with Crippen LogP contribution in [0.2, 0.25) is 0 Å². The molecule has 0 saturated carbocycles. The highest BCUT2D eigenvalue weighted by molar-refractivity contribution is 6.21. The molecule has 3 aliphatic rings. The summed E-state index contributed by atoms with van der Waals surface area (Å²) in [6, 6.07) is 44.6. The van der Waals surface area contributed by atoms with E-state index < -0.39 is 0 Å². The highest BCUT2D eigenvalue weighted by atomic mass is 16.3. The predicted molar refractivity (Wildman–Crippen MR) is 240 cm³/mol.